The van der Waals surface area contributed by atoms with Crippen molar-refractivity contribution in [1.82, 2.24) is 18.7 Å². The van der Waals surface area contributed by atoms with Crippen molar-refractivity contribution in [1.29, 1.82) is 0 Å². The summed E-state index contributed by atoms with van der Waals surface area (Å²) in [4.78, 5) is 31.3. The van der Waals surface area contributed by atoms with Gasteiger partial charge in [0.15, 0.2) is 11.2 Å². The summed E-state index contributed by atoms with van der Waals surface area (Å²) in [5.41, 5.74) is 0.744. The van der Waals surface area contributed by atoms with Crippen molar-refractivity contribution in [3.05, 3.63) is 92.1 Å². The highest BCUT2D eigenvalue weighted by Gasteiger charge is 2.23. The Labute approximate surface area is 187 Å². The SMILES string of the molecule is O=c1c2c(ncn2Cc2ccccc2Cl)n(-c2ccc(F)cc2)c(=O)n1CC1CCCO1. The molecule has 4 aromatic rings. The predicted octanol–water partition coefficient (Wildman–Crippen LogP) is 3.37. The van der Waals surface area contributed by atoms with E-state index < -0.39 is 17.1 Å². The molecule has 0 N–H and O–H groups in total. The molecule has 2 aromatic heterocycles. The molecule has 0 saturated carbocycles. The molecule has 1 fully saturated rings. The third-order valence-electron chi connectivity index (χ3n) is 5.69. The number of benzene rings is 2. The Balaban J connectivity index is 1.73. The monoisotopic (exact) mass is 454 g/mol. The molecule has 1 aliphatic rings. The van der Waals surface area contributed by atoms with Gasteiger partial charge in [0.25, 0.3) is 5.56 Å². The van der Waals surface area contributed by atoms with Crippen LogP contribution in [0.25, 0.3) is 16.9 Å². The molecule has 32 heavy (non-hydrogen) atoms. The largest absolute Gasteiger partial charge is 0.376 e. The number of hydrogen-bond donors (Lipinski definition) is 0. The highest BCUT2D eigenvalue weighted by atomic mass is 35.5. The van der Waals surface area contributed by atoms with Gasteiger partial charge in [-0.3, -0.25) is 9.36 Å². The quantitative estimate of drug-likeness (QED) is 0.463. The van der Waals surface area contributed by atoms with Crippen LogP contribution in [-0.4, -0.2) is 31.4 Å². The second kappa shape index (κ2) is 8.37. The van der Waals surface area contributed by atoms with Crippen LogP contribution in [0.2, 0.25) is 5.02 Å². The van der Waals surface area contributed by atoms with Crippen LogP contribution >= 0.6 is 11.6 Å². The number of imidazole rings is 1. The van der Waals surface area contributed by atoms with Gasteiger partial charge in [-0.15, -0.1) is 0 Å². The molecule has 0 amide bonds. The average molecular weight is 455 g/mol. The van der Waals surface area contributed by atoms with E-state index in [1.165, 1.54) is 39.7 Å². The Bertz CT molecular complexity index is 1400. The molecule has 164 valence electrons. The minimum absolute atomic E-state index is 0.145. The summed E-state index contributed by atoms with van der Waals surface area (Å²) in [6, 6.07) is 12.9. The Morgan fingerprint density at radius 2 is 1.91 bits per heavy atom. The lowest BCUT2D eigenvalue weighted by molar-refractivity contribution is 0.0950. The fraction of sp³-hybridized carbons (Fsp3) is 0.261. The first-order valence-corrected chi connectivity index (χ1v) is 10.7. The highest BCUT2D eigenvalue weighted by molar-refractivity contribution is 6.31. The van der Waals surface area contributed by atoms with Gasteiger partial charge >= 0.3 is 5.69 Å². The number of halogens is 2. The summed E-state index contributed by atoms with van der Waals surface area (Å²) in [5.74, 6) is -0.421. The number of nitrogens with zero attached hydrogens (tertiary/aromatic N) is 4. The van der Waals surface area contributed by atoms with Gasteiger partial charge in [-0.1, -0.05) is 29.8 Å². The third kappa shape index (κ3) is 3.65. The van der Waals surface area contributed by atoms with E-state index in [2.05, 4.69) is 4.98 Å². The number of rotatable bonds is 5. The van der Waals surface area contributed by atoms with Gasteiger partial charge in [0.1, 0.15) is 5.82 Å². The van der Waals surface area contributed by atoms with Crippen molar-refractivity contribution in [3.63, 3.8) is 0 Å². The van der Waals surface area contributed by atoms with E-state index in [9.17, 15) is 14.0 Å². The summed E-state index contributed by atoms with van der Waals surface area (Å²) >= 11 is 6.32. The van der Waals surface area contributed by atoms with Gasteiger partial charge in [-0.2, -0.15) is 0 Å². The summed E-state index contributed by atoms with van der Waals surface area (Å²) in [6.07, 6.45) is 2.97. The standard InChI is InChI=1S/C23H20ClFN4O3/c24-19-6-2-1-4-15(19)12-27-14-26-21-20(27)22(30)28(13-18-5-3-11-32-18)23(31)29(21)17-9-7-16(25)8-10-17/h1-2,4,6-10,14,18H,3,5,11-13H2. The highest BCUT2D eigenvalue weighted by Crippen LogP contribution is 2.20. The number of fused-ring (bicyclic) bond motifs is 1. The second-order valence-electron chi connectivity index (χ2n) is 7.78. The lowest BCUT2D eigenvalue weighted by Gasteiger charge is -2.15. The molecule has 0 bridgehead atoms. The first-order chi connectivity index (χ1) is 15.5. The van der Waals surface area contributed by atoms with Gasteiger partial charge in [-0.25, -0.2) is 18.7 Å². The fourth-order valence-corrected chi connectivity index (χ4v) is 4.28. The van der Waals surface area contributed by atoms with Crippen molar-refractivity contribution in [3.8, 4) is 5.69 Å². The van der Waals surface area contributed by atoms with Crippen molar-refractivity contribution in [2.24, 2.45) is 0 Å². The van der Waals surface area contributed by atoms with Gasteiger partial charge in [0.05, 0.1) is 31.2 Å². The van der Waals surface area contributed by atoms with Crippen LogP contribution in [0.5, 0.6) is 0 Å². The molecular weight excluding hydrogens is 435 g/mol. The van der Waals surface area contributed by atoms with E-state index in [4.69, 9.17) is 16.3 Å². The molecule has 7 nitrogen and oxygen atoms in total. The minimum atomic E-state index is -0.535. The molecule has 1 unspecified atom stereocenters. The van der Waals surface area contributed by atoms with Crippen LogP contribution in [0.3, 0.4) is 0 Å². The summed E-state index contributed by atoms with van der Waals surface area (Å²) in [5, 5.41) is 0.570. The van der Waals surface area contributed by atoms with Crippen molar-refractivity contribution in [2.75, 3.05) is 6.61 Å². The summed E-state index contributed by atoms with van der Waals surface area (Å²) in [7, 11) is 0. The maximum atomic E-state index is 13.5. The maximum Gasteiger partial charge on any atom is 0.337 e. The zero-order valence-corrected chi connectivity index (χ0v) is 17.8. The van der Waals surface area contributed by atoms with Crippen molar-refractivity contribution >= 4 is 22.8 Å². The maximum absolute atomic E-state index is 13.5. The molecule has 3 heterocycles. The molecule has 0 aliphatic carbocycles. The van der Waals surface area contributed by atoms with E-state index in [0.717, 1.165) is 18.4 Å². The molecule has 0 spiro atoms. The molecule has 0 radical (unpaired) electrons. The summed E-state index contributed by atoms with van der Waals surface area (Å²) in [6.45, 7) is 1.07. The Morgan fingerprint density at radius 3 is 2.62 bits per heavy atom. The number of ether oxygens (including phenoxy) is 1. The average Bonchev–Trinajstić information content (AvgIpc) is 3.44. The van der Waals surface area contributed by atoms with E-state index in [-0.39, 0.29) is 23.8 Å². The Kier molecular flexibility index (Phi) is 5.40. The minimum Gasteiger partial charge on any atom is -0.376 e. The second-order valence-corrected chi connectivity index (χ2v) is 8.19. The zero-order chi connectivity index (χ0) is 22.2. The topological polar surface area (TPSA) is 71.0 Å². The van der Waals surface area contributed by atoms with E-state index in [1.54, 1.807) is 10.6 Å². The lowest BCUT2D eigenvalue weighted by Crippen LogP contribution is -2.42. The fourth-order valence-electron chi connectivity index (χ4n) is 4.09. The number of hydrogen-bond acceptors (Lipinski definition) is 4. The van der Waals surface area contributed by atoms with Gasteiger partial charge in [0.2, 0.25) is 0 Å². The van der Waals surface area contributed by atoms with Crippen molar-refractivity contribution in [2.45, 2.75) is 32.0 Å². The van der Waals surface area contributed by atoms with Gasteiger partial charge in [0, 0.05) is 11.6 Å². The van der Waals surface area contributed by atoms with Crippen LogP contribution in [0.15, 0.2) is 64.4 Å². The Morgan fingerprint density at radius 1 is 1.12 bits per heavy atom. The van der Waals surface area contributed by atoms with Crippen LogP contribution in [0.1, 0.15) is 18.4 Å². The third-order valence-corrected chi connectivity index (χ3v) is 6.06. The summed E-state index contributed by atoms with van der Waals surface area (Å²) < 4.78 is 23.4. The normalized spacial score (nSPS) is 16.1. The van der Waals surface area contributed by atoms with Crippen LogP contribution < -0.4 is 11.2 Å². The molecule has 2 aromatic carbocycles. The van der Waals surface area contributed by atoms with Gasteiger partial charge in [-0.05, 0) is 48.7 Å². The van der Waals surface area contributed by atoms with Crippen LogP contribution in [0.4, 0.5) is 4.39 Å². The molecule has 1 saturated heterocycles. The predicted molar refractivity (Wildman–Crippen MR) is 119 cm³/mol. The molecular formula is C23H20ClFN4O3. The Hall–Kier alpha value is -3.23. The smallest absolute Gasteiger partial charge is 0.337 e. The van der Waals surface area contributed by atoms with Crippen molar-refractivity contribution < 1.29 is 9.13 Å². The molecule has 1 aliphatic heterocycles. The first-order valence-electron chi connectivity index (χ1n) is 10.3. The molecule has 5 rings (SSSR count). The van der Waals surface area contributed by atoms with E-state index in [0.29, 0.717) is 23.9 Å². The molecule has 1 atom stereocenters. The molecule has 9 heteroatoms. The zero-order valence-electron chi connectivity index (χ0n) is 17.1. The van der Waals surface area contributed by atoms with E-state index >= 15 is 0 Å². The number of aromatic nitrogens is 4. The van der Waals surface area contributed by atoms with Crippen LogP contribution in [0, 0.1) is 5.82 Å². The van der Waals surface area contributed by atoms with E-state index in [1.807, 2.05) is 18.2 Å². The first kappa shape index (κ1) is 20.7. The van der Waals surface area contributed by atoms with Crippen LogP contribution in [-0.2, 0) is 17.8 Å². The lowest BCUT2D eigenvalue weighted by atomic mass is 10.2. The van der Waals surface area contributed by atoms with Gasteiger partial charge < -0.3 is 9.30 Å².